The van der Waals surface area contributed by atoms with Gasteiger partial charge < -0.3 is 10.1 Å². The van der Waals surface area contributed by atoms with Crippen LogP contribution in [0.5, 0.6) is 0 Å². The summed E-state index contributed by atoms with van der Waals surface area (Å²) in [6.45, 7) is 7.95. The lowest BCUT2D eigenvalue weighted by molar-refractivity contribution is 0.0690. The maximum atomic E-state index is 11.5. The standard InChI is InChI=1S/C19H18N4O2/c1-8(2)16-10(4)21-12-6-5-11-15(18(12)23-16)14-9(3)17(19(24)25)20-7-13(14)22-11/h5-8,22H,1-4H3,(H,24,25). The van der Waals surface area contributed by atoms with Crippen LogP contribution in [0.2, 0.25) is 0 Å². The number of hydrogen-bond donors (Lipinski definition) is 2. The van der Waals surface area contributed by atoms with E-state index in [0.717, 1.165) is 44.2 Å². The summed E-state index contributed by atoms with van der Waals surface area (Å²) in [4.78, 5) is 28.5. The lowest BCUT2D eigenvalue weighted by Crippen LogP contribution is -2.03. The van der Waals surface area contributed by atoms with Gasteiger partial charge in [-0.05, 0) is 37.5 Å². The van der Waals surface area contributed by atoms with Crippen molar-refractivity contribution in [1.82, 2.24) is 19.9 Å². The van der Waals surface area contributed by atoms with Gasteiger partial charge in [-0.25, -0.2) is 19.7 Å². The number of rotatable bonds is 2. The summed E-state index contributed by atoms with van der Waals surface area (Å²) in [5.74, 6) is -0.770. The number of aromatic carboxylic acids is 1. The molecular weight excluding hydrogens is 316 g/mol. The van der Waals surface area contributed by atoms with Gasteiger partial charge in [-0.3, -0.25) is 0 Å². The molecule has 25 heavy (non-hydrogen) atoms. The van der Waals surface area contributed by atoms with E-state index in [1.807, 2.05) is 19.1 Å². The van der Waals surface area contributed by atoms with Gasteiger partial charge in [0.25, 0.3) is 0 Å². The summed E-state index contributed by atoms with van der Waals surface area (Å²) < 4.78 is 0. The van der Waals surface area contributed by atoms with Crippen molar-refractivity contribution in [2.45, 2.75) is 33.6 Å². The molecule has 0 saturated carbocycles. The van der Waals surface area contributed by atoms with Crippen molar-refractivity contribution in [2.24, 2.45) is 0 Å². The number of benzene rings is 1. The minimum Gasteiger partial charge on any atom is -0.477 e. The Kier molecular flexibility index (Phi) is 3.25. The first-order valence-electron chi connectivity index (χ1n) is 8.20. The van der Waals surface area contributed by atoms with Crippen LogP contribution in [0, 0.1) is 13.8 Å². The van der Waals surface area contributed by atoms with E-state index < -0.39 is 5.97 Å². The molecule has 0 saturated heterocycles. The van der Waals surface area contributed by atoms with E-state index in [1.54, 1.807) is 13.1 Å². The molecule has 0 fully saturated rings. The van der Waals surface area contributed by atoms with Gasteiger partial charge in [0.15, 0.2) is 5.69 Å². The molecule has 0 bridgehead atoms. The minimum atomic E-state index is -1.03. The predicted molar refractivity (Wildman–Crippen MR) is 97.2 cm³/mol. The molecule has 6 nitrogen and oxygen atoms in total. The van der Waals surface area contributed by atoms with Crippen molar-refractivity contribution in [1.29, 1.82) is 0 Å². The van der Waals surface area contributed by atoms with Crippen LogP contribution in [-0.2, 0) is 0 Å². The van der Waals surface area contributed by atoms with E-state index >= 15 is 0 Å². The van der Waals surface area contributed by atoms with Crippen molar-refractivity contribution in [3.63, 3.8) is 0 Å². The predicted octanol–water partition coefficient (Wildman–Crippen LogP) is 4.10. The number of carboxylic acid groups (broad SMARTS) is 1. The quantitative estimate of drug-likeness (QED) is 0.576. The van der Waals surface area contributed by atoms with Crippen LogP contribution in [0.25, 0.3) is 32.8 Å². The Morgan fingerprint density at radius 1 is 1.12 bits per heavy atom. The van der Waals surface area contributed by atoms with Crippen LogP contribution in [-0.4, -0.2) is 31.0 Å². The summed E-state index contributed by atoms with van der Waals surface area (Å²) in [7, 11) is 0. The summed E-state index contributed by atoms with van der Waals surface area (Å²) in [6.07, 6.45) is 1.57. The maximum absolute atomic E-state index is 11.5. The van der Waals surface area contributed by atoms with Gasteiger partial charge in [-0.15, -0.1) is 0 Å². The molecule has 0 unspecified atom stereocenters. The molecule has 0 atom stereocenters. The minimum absolute atomic E-state index is 0.0644. The zero-order chi connectivity index (χ0) is 17.9. The van der Waals surface area contributed by atoms with E-state index in [2.05, 4.69) is 23.8 Å². The first-order valence-corrected chi connectivity index (χ1v) is 8.20. The lowest BCUT2D eigenvalue weighted by atomic mass is 10.0. The van der Waals surface area contributed by atoms with Crippen LogP contribution in [0.3, 0.4) is 0 Å². The Hall–Kier alpha value is -3.02. The number of aromatic nitrogens is 4. The van der Waals surface area contributed by atoms with Crippen molar-refractivity contribution in [3.05, 3.63) is 41.0 Å². The number of nitrogens with one attached hydrogen (secondary N) is 1. The molecule has 0 amide bonds. The summed E-state index contributed by atoms with van der Waals surface area (Å²) in [6, 6.07) is 3.90. The summed E-state index contributed by atoms with van der Waals surface area (Å²) in [5.41, 5.74) is 5.89. The van der Waals surface area contributed by atoms with Gasteiger partial charge in [-0.1, -0.05) is 13.8 Å². The van der Waals surface area contributed by atoms with Crippen molar-refractivity contribution < 1.29 is 9.90 Å². The van der Waals surface area contributed by atoms with Crippen molar-refractivity contribution in [3.8, 4) is 0 Å². The lowest BCUT2D eigenvalue weighted by Gasteiger charge is -2.10. The molecule has 126 valence electrons. The third-order valence-corrected chi connectivity index (χ3v) is 4.64. The molecule has 0 aliphatic heterocycles. The molecule has 2 N–H and O–H groups in total. The molecule has 3 aromatic heterocycles. The molecule has 0 aliphatic rings. The highest BCUT2D eigenvalue weighted by Crippen LogP contribution is 2.34. The smallest absolute Gasteiger partial charge is 0.354 e. The topological polar surface area (TPSA) is 91.8 Å². The van der Waals surface area contributed by atoms with Crippen molar-refractivity contribution >= 4 is 38.8 Å². The second-order valence-electron chi connectivity index (χ2n) is 6.66. The molecule has 0 aliphatic carbocycles. The number of aryl methyl sites for hydroxylation is 2. The van der Waals surface area contributed by atoms with Gasteiger partial charge in [0, 0.05) is 16.3 Å². The number of carbonyl (C=O) groups is 1. The molecule has 1 aromatic carbocycles. The molecule has 0 radical (unpaired) electrons. The van der Waals surface area contributed by atoms with Gasteiger partial charge >= 0.3 is 5.97 Å². The Bertz CT molecular complexity index is 1170. The first-order chi connectivity index (χ1) is 11.9. The van der Waals surface area contributed by atoms with E-state index in [9.17, 15) is 9.90 Å². The number of aromatic amines is 1. The van der Waals surface area contributed by atoms with E-state index in [-0.39, 0.29) is 11.6 Å². The number of nitrogens with zero attached hydrogens (tertiary/aromatic N) is 3. The second-order valence-corrected chi connectivity index (χ2v) is 6.66. The molecule has 0 spiro atoms. The number of pyridine rings is 1. The monoisotopic (exact) mass is 334 g/mol. The van der Waals surface area contributed by atoms with Crippen LogP contribution in [0.4, 0.5) is 0 Å². The molecule has 3 heterocycles. The van der Waals surface area contributed by atoms with Gasteiger partial charge in [0.1, 0.15) is 0 Å². The van der Waals surface area contributed by atoms with Crippen LogP contribution >= 0.6 is 0 Å². The Morgan fingerprint density at radius 2 is 1.88 bits per heavy atom. The average Bonchev–Trinajstić information content (AvgIpc) is 2.93. The third-order valence-electron chi connectivity index (χ3n) is 4.64. The Morgan fingerprint density at radius 3 is 2.56 bits per heavy atom. The fourth-order valence-electron chi connectivity index (χ4n) is 3.52. The highest BCUT2D eigenvalue weighted by molar-refractivity contribution is 6.20. The van der Waals surface area contributed by atoms with Gasteiger partial charge in [-0.2, -0.15) is 0 Å². The first kappa shape index (κ1) is 15.5. The van der Waals surface area contributed by atoms with Gasteiger partial charge in [0.05, 0.1) is 34.1 Å². The number of H-pyrrole nitrogens is 1. The summed E-state index contributed by atoms with van der Waals surface area (Å²) in [5, 5.41) is 11.2. The highest BCUT2D eigenvalue weighted by atomic mass is 16.4. The van der Waals surface area contributed by atoms with E-state index in [0.29, 0.717) is 5.56 Å². The summed E-state index contributed by atoms with van der Waals surface area (Å²) >= 11 is 0. The SMILES string of the molecule is Cc1nc2ccc3[nH]c4cnc(C(=O)O)c(C)c4c3c2nc1C(C)C. The zero-order valence-electron chi connectivity index (χ0n) is 14.5. The third kappa shape index (κ3) is 2.17. The Balaban J connectivity index is 2.24. The molecule has 4 rings (SSSR count). The Labute approximate surface area is 143 Å². The number of hydrogen-bond acceptors (Lipinski definition) is 4. The van der Waals surface area contributed by atoms with Gasteiger partial charge in [0.2, 0.25) is 0 Å². The second kappa shape index (κ2) is 5.24. The molecular formula is C19H18N4O2. The molecule has 4 aromatic rings. The fraction of sp³-hybridized carbons (Fsp3) is 0.263. The van der Waals surface area contributed by atoms with E-state index in [4.69, 9.17) is 9.97 Å². The van der Waals surface area contributed by atoms with E-state index in [1.165, 1.54) is 0 Å². The fourth-order valence-corrected chi connectivity index (χ4v) is 3.52. The largest absolute Gasteiger partial charge is 0.477 e. The van der Waals surface area contributed by atoms with Crippen LogP contribution in [0.1, 0.15) is 47.2 Å². The van der Waals surface area contributed by atoms with Crippen LogP contribution in [0.15, 0.2) is 18.3 Å². The number of fused-ring (bicyclic) bond motifs is 5. The average molecular weight is 334 g/mol. The molecule has 6 heteroatoms. The number of carboxylic acids is 1. The normalized spacial score (nSPS) is 11.9. The highest BCUT2D eigenvalue weighted by Gasteiger charge is 2.19. The van der Waals surface area contributed by atoms with Crippen LogP contribution < -0.4 is 0 Å². The van der Waals surface area contributed by atoms with Crippen molar-refractivity contribution in [2.75, 3.05) is 0 Å². The maximum Gasteiger partial charge on any atom is 0.354 e. The zero-order valence-corrected chi connectivity index (χ0v) is 14.5.